The molecule has 0 spiro atoms. The highest BCUT2D eigenvalue weighted by Gasteiger charge is 2.14. The van der Waals surface area contributed by atoms with Gasteiger partial charge in [0.1, 0.15) is 5.78 Å². The molecule has 0 saturated heterocycles. The molecule has 5 heteroatoms. The Morgan fingerprint density at radius 3 is 3.00 bits per heavy atom. The quantitative estimate of drug-likeness (QED) is 0.795. The molecule has 1 aromatic carbocycles. The molecule has 0 atom stereocenters. The maximum Gasteiger partial charge on any atom is 0.222 e. The molecule has 1 heterocycles. The number of anilines is 1. The van der Waals surface area contributed by atoms with Crippen molar-refractivity contribution in [3.05, 3.63) is 24.3 Å². The fraction of sp³-hybridized carbons (Fsp3) is 0.308. The third kappa shape index (κ3) is 2.25. The molecule has 1 aliphatic rings. The van der Waals surface area contributed by atoms with Crippen LogP contribution in [-0.4, -0.2) is 21.5 Å². The summed E-state index contributed by atoms with van der Waals surface area (Å²) in [5.41, 5.74) is 5.68. The van der Waals surface area contributed by atoms with Crippen molar-refractivity contribution in [3.63, 3.8) is 0 Å². The van der Waals surface area contributed by atoms with E-state index >= 15 is 0 Å². The van der Waals surface area contributed by atoms with Gasteiger partial charge in [-0.2, -0.15) is 5.10 Å². The van der Waals surface area contributed by atoms with Gasteiger partial charge in [-0.25, -0.2) is 10.4 Å². The van der Waals surface area contributed by atoms with Gasteiger partial charge in [-0.3, -0.25) is 4.79 Å². The van der Waals surface area contributed by atoms with Crippen LogP contribution in [0.15, 0.2) is 29.4 Å². The summed E-state index contributed by atoms with van der Waals surface area (Å²) in [6.07, 6.45) is 2.94. The first-order valence-corrected chi connectivity index (χ1v) is 6.09. The van der Waals surface area contributed by atoms with E-state index in [-0.39, 0.29) is 5.78 Å². The zero-order valence-corrected chi connectivity index (χ0v) is 9.94. The van der Waals surface area contributed by atoms with Crippen molar-refractivity contribution < 1.29 is 4.79 Å². The lowest BCUT2D eigenvalue weighted by Gasteiger charge is -2.10. The number of nitrogens with zero attached hydrogens (tertiary/aromatic N) is 2. The Hall–Kier alpha value is -2.17. The Kier molecular flexibility index (Phi) is 2.80. The second-order valence-electron chi connectivity index (χ2n) is 4.46. The lowest BCUT2D eigenvalue weighted by atomic mass is 9.97. The van der Waals surface area contributed by atoms with E-state index in [9.17, 15) is 4.79 Å². The minimum Gasteiger partial charge on any atom is -0.323 e. The fourth-order valence-electron chi connectivity index (χ4n) is 2.13. The molecule has 1 saturated carbocycles. The van der Waals surface area contributed by atoms with E-state index in [4.69, 9.17) is 0 Å². The number of hydrogen-bond donors (Lipinski definition) is 2. The van der Waals surface area contributed by atoms with E-state index in [0.29, 0.717) is 18.8 Å². The standard InChI is InChI=1S/C13H14N4O/c18-10-5-3-4-9(8-10)16-17-13-14-11-6-1-2-7-12(11)15-13/h1-2,6-7H,3-5,8H2,(H2,14,15,17)/b16-9-. The van der Waals surface area contributed by atoms with Crippen molar-refractivity contribution >= 4 is 28.5 Å². The highest BCUT2D eigenvalue weighted by molar-refractivity contribution is 6.04. The lowest BCUT2D eigenvalue weighted by Crippen LogP contribution is -2.15. The Balaban J connectivity index is 1.76. The normalized spacial score (nSPS) is 18.4. The molecule has 1 aliphatic carbocycles. The molecule has 0 unspecified atom stereocenters. The summed E-state index contributed by atoms with van der Waals surface area (Å²) in [7, 11) is 0. The van der Waals surface area contributed by atoms with E-state index in [1.807, 2.05) is 24.3 Å². The summed E-state index contributed by atoms with van der Waals surface area (Å²) in [5, 5.41) is 4.25. The first kappa shape index (κ1) is 11.0. The minimum absolute atomic E-state index is 0.270. The largest absolute Gasteiger partial charge is 0.323 e. The van der Waals surface area contributed by atoms with E-state index in [0.717, 1.165) is 29.6 Å². The van der Waals surface area contributed by atoms with Crippen LogP contribution in [0.2, 0.25) is 0 Å². The fourth-order valence-corrected chi connectivity index (χ4v) is 2.13. The van der Waals surface area contributed by atoms with Crippen LogP contribution < -0.4 is 5.43 Å². The Labute approximate surface area is 104 Å². The molecular formula is C13H14N4O. The number of rotatable bonds is 2. The van der Waals surface area contributed by atoms with Gasteiger partial charge in [-0.05, 0) is 25.0 Å². The highest BCUT2D eigenvalue weighted by Crippen LogP contribution is 2.15. The van der Waals surface area contributed by atoms with Crippen LogP contribution in [0.1, 0.15) is 25.7 Å². The summed E-state index contributed by atoms with van der Waals surface area (Å²) in [6.45, 7) is 0. The van der Waals surface area contributed by atoms with Crippen molar-refractivity contribution in [2.24, 2.45) is 5.10 Å². The van der Waals surface area contributed by atoms with Crippen LogP contribution >= 0.6 is 0 Å². The molecule has 0 radical (unpaired) electrons. The molecule has 1 fully saturated rings. The second kappa shape index (κ2) is 4.60. The number of carbonyl (C=O) groups is 1. The highest BCUT2D eigenvalue weighted by atomic mass is 16.1. The zero-order chi connectivity index (χ0) is 12.4. The third-order valence-corrected chi connectivity index (χ3v) is 3.03. The summed E-state index contributed by atoms with van der Waals surface area (Å²) < 4.78 is 0. The molecule has 0 amide bonds. The third-order valence-electron chi connectivity index (χ3n) is 3.03. The molecule has 1 aromatic heterocycles. The number of carbonyl (C=O) groups excluding carboxylic acids is 1. The van der Waals surface area contributed by atoms with E-state index < -0.39 is 0 Å². The van der Waals surface area contributed by atoms with Crippen LogP contribution in [0.3, 0.4) is 0 Å². The average Bonchev–Trinajstić information content (AvgIpc) is 2.79. The maximum atomic E-state index is 11.3. The van der Waals surface area contributed by atoms with Gasteiger partial charge in [0, 0.05) is 18.6 Å². The molecule has 2 N–H and O–H groups in total. The van der Waals surface area contributed by atoms with Gasteiger partial charge in [0.05, 0.1) is 11.0 Å². The van der Waals surface area contributed by atoms with E-state index in [1.165, 1.54) is 0 Å². The van der Waals surface area contributed by atoms with Crippen LogP contribution in [-0.2, 0) is 4.79 Å². The van der Waals surface area contributed by atoms with Gasteiger partial charge in [-0.15, -0.1) is 0 Å². The summed E-state index contributed by atoms with van der Waals surface area (Å²) in [4.78, 5) is 18.8. The van der Waals surface area contributed by atoms with Gasteiger partial charge < -0.3 is 4.98 Å². The number of para-hydroxylation sites is 2. The van der Waals surface area contributed by atoms with Crippen molar-refractivity contribution in [1.82, 2.24) is 9.97 Å². The van der Waals surface area contributed by atoms with Crippen LogP contribution in [0, 0.1) is 0 Å². The molecule has 18 heavy (non-hydrogen) atoms. The predicted molar refractivity (Wildman–Crippen MR) is 70.6 cm³/mol. The molecular weight excluding hydrogens is 228 g/mol. The SMILES string of the molecule is O=C1CCC/C(=N/Nc2nc3ccccc3[nH]2)C1. The number of aromatic nitrogens is 2. The Morgan fingerprint density at radius 1 is 1.28 bits per heavy atom. The predicted octanol–water partition coefficient (Wildman–Crippen LogP) is 2.47. The minimum atomic E-state index is 0.270. The maximum absolute atomic E-state index is 11.3. The topological polar surface area (TPSA) is 70.1 Å². The number of ketones is 1. The molecule has 0 aliphatic heterocycles. The van der Waals surface area contributed by atoms with Gasteiger partial charge >= 0.3 is 0 Å². The number of fused-ring (bicyclic) bond motifs is 1. The lowest BCUT2D eigenvalue weighted by molar-refractivity contribution is -0.118. The van der Waals surface area contributed by atoms with Gasteiger partial charge in [0.25, 0.3) is 0 Å². The number of nitrogens with one attached hydrogen (secondary N) is 2. The summed E-state index contributed by atoms with van der Waals surface area (Å²) >= 11 is 0. The number of benzene rings is 1. The number of hydrogen-bond acceptors (Lipinski definition) is 4. The smallest absolute Gasteiger partial charge is 0.222 e. The van der Waals surface area contributed by atoms with Gasteiger partial charge in [0.2, 0.25) is 5.95 Å². The number of hydrazone groups is 1. The number of Topliss-reactive ketones (excluding diaryl/α,β-unsaturated/α-hetero) is 1. The number of aromatic amines is 1. The van der Waals surface area contributed by atoms with E-state index in [2.05, 4.69) is 20.5 Å². The van der Waals surface area contributed by atoms with Crippen molar-refractivity contribution in [1.29, 1.82) is 0 Å². The van der Waals surface area contributed by atoms with Crippen molar-refractivity contribution in [2.45, 2.75) is 25.7 Å². The Bertz CT molecular complexity index is 581. The summed E-state index contributed by atoms with van der Waals surface area (Å²) in [6, 6.07) is 7.80. The molecule has 92 valence electrons. The van der Waals surface area contributed by atoms with Crippen LogP contribution in [0.4, 0.5) is 5.95 Å². The van der Waals surface area contributed by atoms with Crippen molar-refractivity contribution in [3.8, 4) is 0 Å². The molecule has 5 nitrogen and oxygen atoms in total. The zero-order valence-electron chi connectivity index (χ0n) is 9.94. The molecule has 2 aromatic rings. The van der Waals surface area contributed by atoms with E-state index in [1.54, 1.807) is 0 Å². The van der Waals surface area contributed by atoms with Crippen molar-refractivity contribution in [2.75, 3.05) is 5.43 Å². The molecule has 3 rings (SSSR count). The number of imidazole rings is 1. The first-order chi connectivity index (χ1) is 8.81. The number of H-pyrrole nitrogens is 1. The van der Waals surface area contributed by atoms with Gasteiger partial charge in [-0.1, -0.05) is 12.1 Å². The van der Waals surface area contributed by atoms with Gasteiger partial charge in [0.15, 0.2) is 0 Å². The Morgan fingerprint density at radius 2 is 2.17 bits per heavy atom. The monoisotopic (exact) mass is 242 g/mol. The summed E-state index contributed by atoms with van der Waals surface area (Å²) in [5.74, 6) is 0.883. The first-order valence-electron chi connectivity index (χ1n) is 6.09. The average molecular weight is 242 g/mol. The van der Waals surface area contributed by atoms with Crippen LogP contribution in [0.5, 0.6) is 0 Å². The second-order valence-corrected chi connectivity index (χ2v) is 4.46. The molecule has 0 bridgehead atoms. The van der Waals surface area contributed by atoms with Crippen LogP contribution in [0.25, 0.3) is 11.0 Å².